The lowest BCUT2D eigenvalue weighted by atomic mass is 9.95. The van der Waals surface area contributed by atoms with E-state index in [1.807, 2.05) is 50.2 Å². The Bertz CT molecular complexity index is 1400. The number of fused-ring (bicyclic) bond motifs is 1. The smallest absolute Gasteiger partial charge is 0.406 e. The maximum Gasteiger partial charge on any atom is 0.573 e. The molecule has 1 unspecified atom stereocenters. The molecule has 0 aliphatic carbocycles. The highest BCUT2D eigenvalue weighted by molar-refractivity contribution is 6.01. The van der Waals surface area contributed by atoms with Crippen LogP contribution in [-0.2, 0) is 5.54 Å². The molecule has 2 aromatic heterocycles. The molecule has 1 atom stereocenters. The summed E-state index contributed by atoms with van der Waals surface area (Å²) >= 11 is 0. The lowest BCUT2D eigenvalue weighted by Crippen LogP contribution is -2.43. The first-order valence-electron chi connectivity index (χ1n) is 11.2. The summed E-state index contributed by atoms with van der Waals surface area (Å²) < 4.78 is 42.0. The first kappa shape index (κ1) is 22.9. The predicted molar refractivity (Wildman–Crippen MR) is 125 cm³/mol. The minimum Gasteiger partial charge on any atom is -0.406 e. The number of benzene rings is 2. The number of aryl methyl sites for hydroxylation is 1. The molecule has 1 fully saturated rings. The van der Waals surface area contributed by atoms with E-state index in [-0.39, 0.29) is 11.7 Å². The van der Waals surface area contributed by atoms with E-state index in [0.717, 1.165) is 17.5 Å². The van der Waals surface area contributed by atoms with Crippen molar-refractivity contribution in [3.8, 4) is 17.0 Å². The SMILES string of the molecule is Cc1ccc(-c2ccccn2)c(C(=O)N2CCCC2(C)c2nc3ccc(OC(F)(F)F)cc3[nH]2)c1. The fourth-order valence-corrected chi connectivity index (χ4v) is 4.70. The Morgan fingerprint density at radius 3 is 2.71 bits per heavy atom. The third-order valence-corrected chi connectivity index (χ3v) is 6.43. The van der Waals surface area contributed by atoms with Gasteiger partial charge in [-0.25, -0.2) is 4.98 Å². The Kier molecular flexibility index (Phi) is 5.50. The highest BCUT2D eigenvalue weighted by Crippen LogP contribution is 2.40. The lowest BCUT2D eigenvalue weighted by molar-refractivity contribution is -0.274. The minimum atomic E-state index is -4.78. The number of nitrogens with zero attached hydrogens (tertiary/aromatic N) is 3. The van der Waals surface area contributed by atoms with E-state index in [4.69, 9.17) is 0 Å². The summed E-state index contributed by atoms with van der Waals surface area (Å²) in [6.07, 6.45) is -1.66. The third kappa shape index (κ3) is 4.34. The second-order valence-corrected chi connectivity index (χ2v) is 8.91. The molecule has 0 radical (unpaired) electrons. The number of halogens is 3. The van der Waals surface area contributed by atoms with Crippen molar-refractivity contribution < 1.29 is 22.7 Å². The monoisotopic (exact) mass is 480 g/mol. The number of imidazole rings is 1. The van der Waals surface area contributed by atoms with Crippen LogP contribution in [0.15, 0.2) is 60.8 Å². The van der Waals surface area contributed by atoms with Gasteiger partial charge in [-0.05, 0) is 57.0 Å². The summed E-state index contributed by atoms with van der Waals surface area (Å²) in [6.45, 7) is 4.39. The number of hydrogen-bond donors (Lipinski definition) is 1. The van der Waals surface area contributed by atoms with Gasteiger partial charge in [-0.15, -0.1) is 13.2 Å². The summed E-state index contributed by atoms with van der Waals surface area (Å²) in [5.41, 5.74) is 3.11. The number of amides is 1. The summed E-state index contributed by atoms with van der Waals surface area (Å²) in [7, 11) is 0. The molecule has 2 aromatic carbocycles. The maximum atomic E-state index is 13.9. The Hall–Kier alpha value is -3.88. The largest absolute Gasteiger partial charge is 0.573 e. The van der Waals surface area contributed by atoms with Gasteiger partial charge in [-0.3, -0.25) is 9.78 Å². The van der Waals surface area contributed by atoms with Crippen molar-refractivity contribution in [3.05, 3.63) is 77.7 Å². The van der Waals surface area contributed by atoms with Gasteiger partial charge in [0.2, 0.25) is 0 Å². The summed E-state index contributed by atoms with van der Waals surface area (Å²) in [5.74, 6) is 0.0509. The highest BCUT2D eigenvalue weighted by atomic mass is 19.4. The minimum absolute atomic E-state index is 0.143. The maximum absolute atomic E-state index is 13.9. The van der Waals surface area contributed by atoms with Gasteiger partial charge in [0.25, 0.3) is 5.91 Å². The second-order valence-electron chi connectivity index (χ2n) is 8.91. The van der Waals surface area contributed by atoms with Crippen molar-refractivity contribution in [1.82, 2.24) is 19.9 Å². The molecular formula is C26H23F3N4O2. The number of hydrogen-bond acceptors (Lipinski definition) is 4. The first-order chi connectivity index (χ1) is 16.6. The number of nitrogens with one attached hydrogen (secondary N) is 1. The van der Waals surface area contributed by atoms with Crippen LogP contribution in [0.3, 0.4) is 0 Å². The van der Waals surface area contributed by atoms with Gasteiger partial charge in [0.1, 0.15) is 11.6 Å². The van der Waals surface area contributed by atoms with E-state index in [2.05, 4.69) is 19.7 Å². The zero-order valence-electron chi connectivity index (χ0n) is 19.2. The Balaban J connectivity index is 1.52. The fourth-order valence-electron chi connectivity index (χ4n) is 4.70. The van der Waals surface area contributed by atoms with Crippen molar-refractivity contribution in [1.29, 1.82) is 0 Å². The number of likely N-dealkylation sites (tertiary alicyclic amines) is 1. The second kappa shape index (κ2) is 8.41. The number of carbonyl (C=O) groups excluding carboxylic acids is 1. The molecule has 0 spiro atoms. The van der Waals surface area contributed by atoms with E-state index in [1.54, 1.807) is 11.1 Å². The molecule has 0 saturated carbocycles. The topological polar surface area (TPSA) is 71.1 Å². The number of H-pyrrole nitrogens is 1. The van der Waals surface area contributed by atoms with Gasteiger partial charge in [0.15, 0.2) is 0 Å². The van der Waals surface area contributed by atoms with Crippen LogP contribution in [0.1, 0.15) is 41.5 Å². The standard InChI is InChI=1S/C26H23F3N4O2/c1-16-7-9-18(20-6-3-4-12-30-20)19(14-16)23(34)33-13-5-11-25(33,2)24-31-21-10-8-17(15-22(21)32-24)35-26(27,28)29/h3-4,6-10,12,14-15H,5,11,13H2,1-2H3,(H,31,32). The summed E-state index contributed by atoms with van der Waals surface area (Å²) in [5, 5.41) is 0. The number of aromatic amines is 1. The Morgan fingerprint density at radius 2 is 1.97 bits per heavy atom. The van der Waals surface area contributed by atoms with E-state index in [0.29, 0.717) is 41.1 Å². The van der Waals surface area contributed by atoms with E-state index in [9.17, 15) is 18.0 Å². The Labute approximate surface area is 199 Å². The fraction of sp³-hybridized carbons (Fsp3) is 0.269. The molecule has 3 heterocycles. The molecule has 5 rings (SSSR count). The Morgan fingerprint density at radius 1 is 1.14 bits per heavy atom. The van der Waals surface area contributed by atoms with Gasteiger partial charge in [-0.2, -0.15) is 0 Å². The van der Waals surface area contributed by atoms with Crippen molar-refractivity contribution in [3.63, 3.8) is 0 Å². The van der Waals surface area contributed by atoms with E-state index >= 15 is 0 Å². The van der Waals surface area contributed by atoms with E-state index in [1.165, 1.54) is 18.2 Å². The number of alkyl halides is 3. The highest BCUT2D eigenvalue weighted by Gasteiger charge is 2.44. The number of pyridine rings is 1. The van der Waals surface area contributed by atoms with Gasteiger partial charge in [0.05, 0.1) is 22.3 Å². The van der Waals surface area contributed by atoms with Crippen LogP contribution in [0.4, 0.5) is 13.2 Å². The van der Waals surface area contributed by atoms with Crippen LogP contribution in [0.2, 0.25) is 0 Å². The van der Waals surface area contributed by atoms with Crippen LogP contribution in [0.25, 0.3) is 22.3 Å². The van der Waals surface area contributed by atoms with Crippen LogP contribution in [0.5, 0.6) is 5.75 Å². The van der Waals surface area contributed by atoms with Crippen LogP contribution < -0.4 is 4.74 Å². The van der Waals surface area contributed by atoms with Crippen molar-refractivity contribution in [2.75, 3.05) is 6.54 Å². The number of carbonyl (C=O) groups is 1. The average molecular weight is 480 g/mol. The first-order valence-corrected chi connectivity index (χ1v) is 11.2. The summed E-state index contributed by atoms with van der Waals surface area (Å²) in [6, 6.07) is 15.3. The molecular weight excluding hydrogens is 457 g/mol. The number of aromatic nitrogens is 3. The van der Waals surface area contributed by atoms with Crippen molar-refractivity contribution >= 4 is 16.9 Å². The molecule has 1 N–H and O–H groups in total. The molecule has 35 heavy (non-hydrogen) atoms. The zero-order valence-corrected chi connectivity index (χ0v) is 19.2. The molecule has 0 bridgehead atoms. The van der Waals surface area contributed by atoms with Gasteiger partial charge < -0.3 is 14.6 Å². The van der Waals surface area contributed by atoms with Crippen LogP contribution in [0, 0.1) is 6.92 Å². The van der Waals surface area contributed by atoms with Gasteiger partial charge in [0, 0.05) is 29.9 Å². The average Bonchev–Trinajstić information content (AvgIpc) is 3.42. The molecule has 9 heteroatoms. The van der Waals surface area contributed by atoms with Gasteiger partial charge in [-0.1, -0.05) is 23.8 Å². The zero-order chi connectivity index (χ0) is 24.8. The molecule has 1 saturated heterocycles. The number of ether oxygens (including phenoxy) is 1. The molecule has 180 valence electrons. The molecule has 1 aliphatic heterocycles. The molecule has 1 amide bonds. The normalized spacial score (nSPS) is 18.3. The third-order valence-electron chi connectivity index (χ3n) is 6.43. The van der Waals surface area contributed by atoms with E-state index < -0.39 is 11.9 Å². The van der Waals surface area contributed by atoms with Crippen molar-refractivity contribution in [2.24, 2.45) is 0 Å². The van der Waals surface area contributed by atoms with Gasteiger partial charge >= 0.3 is 6.36 Å². The van der Waals surface area contributed by atoms with Crippen LogP contribution in [-0.4, -0.2) is 38.7 Å². The molecule has 6 nitrogen and oxygen atoms in total. The lowest BCUT2D eigenvalue weighted by Gasteiger charge is -2.34. The predicted octanol–water partition coefficient (Wildman–Crippen LogP) is 5.98. The van der Waals surface area contributed by atoms with Crippen LogP contribution >= 0.6 is 0 Å². The summed E-state index contributed by atoms with van der Waals surface area (Å²) in [4.78, 5) is 27.9. The number of rotatable bonds is 4. The quantitative estimate of drug-likeness (QED) is 0.390. The molecule has 1 aliphatic rings. The molecule has 4 aromatic rings. The van der Waals surface area contributed by atoms with Crippen molar-refractivity contribution in [2.45, 2.75) is 38.6 Å².